The highest BCUT2D eigenvalue weighted by Gasteiger charge is 2.13. The van der Waals surface area contributed by atoms with Crippen molar-refractivity contribution >= 4 is 17.1 Å². The van der Waals surface area contributed by atoms with Crippen molar-refractivity contribution in [1.82, 2.24) is 4.90 Å². The number of carbonyl (C=O) groups excluding carboxylic acids is 1. The summed E-state index contributed by atoms with van der Waals surface area (Å²) in [6.07, 6.45) is 0. The van der Waals surface area contributed by atoms with Crippen molar-refractivity contribution < 1.29 is 9.90 Å². The summed E-state index contributed by atoms with van der Waals surface area (Å²) in [5, 5.41) is 11.4. The van der Waals surface area contributed by atoms with Crippen LogP contribution in [0.4, 0.5) is 0 Å². The van der Waals surface area contributed by atoms with Gasteiger partial charge in [0.15, 0.2) is 5.78 Å². The van der Waals surface area contributed by atoms with Crippen LogP contribution in [0.5, 0.6) is 0 Å². The van der Waals surface area contributed by atoms with E-state index < -0.39 is 0 Å². The molecule has 1 aromatic carbocycles. The molecule has 118 valence electrons. The SMILES string of the molecule is CC(=O)c1cc(CN(Cc2ccccc2)C[C@@H](C)CO)cs1. The molecule has 0 bridgehead atoms. The van der Waals surface area contributed by atoms with Crippen LogP contribution in [0.1, 0.15) is 34.6 Å². The van der Waals surface area contributed by atoms with E-state index in [4.69, 9.17) is 0 Å². The van der Waals surface area contributed by atoms with E-state index in [9.17, 15) is 9.90 Å². The first-order chi connectivity index (χ1) is 10.6. The molecule has 0 saturated carbocycles. The Morgan fingerprint density at radius 3 is 2.50 bits per heavy atom. The number of thiophene rings is 1. The molecule has 3 nitrogen and oxygen atoms in total. The summed E-state index contributed by atoms with van der Waals surface area (Å²) < 4.78 is 0. The number of aliphatic hydroxyl groups excluding tert-OH is 1. The average Bonchev–Trinajstić information content (AvgIpc) is 2.97. The van der Waals surface area contributed by atoms with Crippen LogP contribution in [0.3, 0.4) is 0 Å². The number of rotatable bonds is 8. The van der Waals surface area contributed by atoms with Crippen LogP contribution < -0.4 is 0 Å². The Balaban J connectivity index is 2.07. The summed E-state index contributed by atoms with van der Waals surface area (Å²) in [5.41, 5.74) is 2.42. The van der Waals surface area contributed by atoms with Crippen molar-refractivity contribution in [2.75, 3.05) is 13.2 Å². The van der Waals surface area contributed by atoms with Crippen molar-refractivity contribution in [3.63, 3.8) is 0 Å². The number of Topliss-reactive ketones (excluding diaryl/α,β-unsaturated/α-hetero) is 1. The number of carbonyl (C=O) groups is 1. The number of nitrogens with zero attached hydrogens (tertiary/aromatic N) is 1. The third-order valence-corrected chi connectivity index (χ3v) is 4.62. The smallest absolute Gasteiger partial charge is 0.169 e. The summed E-state index contributed by atoms with van der Waals surface area (Å²) in [6.45, 7) is 6.31. The lowest BCUT2D eigenvalue weighted by Gasteiger charge is -2.24. The number of aliphatic hydroxyl groups is 1. The van der Waals surface area contributed by atoms with Gasteiger partial charge in [-0.05, 0) is 35.4 Å². The third kappa shape index (κ3) is 5.05. The van der Waals surface area contributed by atoms with Gasteiger partial charge in [-0.15, -0.1) is 11.3 Å². The first kappa shape index (κ1) is 16.9. The van der Waals surface area contributed by atoms with Gasteiger partial charge in [-0.1, -0.05) is 37.3 Å². The summed E-state index contributed by atoms with van der Waals surface area (Å²) in [5.74, 6) is 0.351. The second-order valence-electron chi connectivity index (χ2n) is 5.82. The minimum absolute atomic E-state index is 0.120. The number of hydrogen-bond donors (Lipinski definition) is 1. The van der Waals surface area contributed by atoms with Crippen molar-refractivity contribution in [2.45, 2.75) is 26.9 Å². The van der Waals surface area contributed by atoms with Gasteiger partial charge in [0, 0.05) is 26.2 Å². The van der Waals surface area contributed by atoms with Crippen LogP contribution >= 0.6 is 11.3 Å². The second kappa shape index (κ2) is 8.22. The lowest BCUT2D eigenvalue weighted by molar-refractivity contribution is 0.102. The molecule has 0 radical (unpaired) electrons. The molecule has 0 saturated heterocycles. The Morgan fingerprint density at radius 1 is 1.23 bits per heavy atom. The zero-order valence-electron chi connectivity index (χ0n) is 13.2. The fourth-order valence-electron chi connectivity index (χ4n) is 2.43. The molecule has 0 spiro atoms. The molecular weight excluding hydrogens is 294 g/mol. The molecule has 2 rings (SSSR count). The normalized spacial score (nSPS) is 12.5. The number of benzene rings is 1. The highest BCUT2D eigenvalue weighted by Crippen LogP contribution is 2.19. The lowest BCUT2D eigenvalue weighted by atomic mass is 10.1. The van der Waals surface area contributed by atoms with Crippen LogP contribution in [0.25, 0.3) is 0 Å². The summed E-state index contributed by atoms with van der Waals surface area (Å²) >= 11 is 1.50. The molecule has 1 atom stereocenters. The van der Waals surface area contributed by atoms with Crippen molar-refractivity contribution in [3.8, 4) is 0 Å². The van der Waals surface area contributed by atoms with E-state index in [-0.39, 0.29) is 18.3 Å². The van der Waals surface area contributed by atoms with Crippen LogP contribution in [0, 0.1) is 5.92 Å². The monoisotopic (exact) mass is 317 g/mol. The topological polar surface area (TPSA) is 40.5 Å². The van der Waals surface area contributed by atoms with Gasteiger partial charge in [-0.25, -0.2) is 0 Å². The van der Waals surface area contributed by atoms with Crippen molar-refractivity contribution in [3.05, 3.63) is 57.8 Å². The maximum Gasteiger partial charge on any atom is 0.169 e. The van der Waals surface area contributed by atoms with Crippen LogP contribution in [-0.2, 0) is 13.1 Å². The Labute approximate surface area is 136 Å². The van der Waals surface area contributed by atoms with Gasteiger partial charge < -0.3 is 5.11 Å². The Bertz CT molecular complexity index is 594. The zero-order valence-corrected chi connectivity index (χ0v) is 14.0. The molecule has 0 fully saturated rings. The Kier molecular flexibility index (Phi) is 6.31. The first-order valence-corrected chi connectivity index (χ1v) is 8.42. The van der Waals surface area contributed by atoms with Gasteiger partial charge in [-0.3, -0.25) is 9.69 Å². The highest BCUT2D eigenvalue weighted by molar-refractivity contribution is 7.12. The van der Waals surface area contributed by atoms with E-state index in [2.05, 4.69) is 22.4 Å². The average molecular weight is 317 g/mol. The quantitative estimate of drug-likeness (QED) is 0.757. The van der Waals surface area contributed by atoms with Crippen molar-refractivity contribution in [1.29, 1.82) is 0 Å². The van der Waals surface area contributed by atoms with E-state index in [1.54, 1.807) is 6.92 Å². The summed E-state index contributed by atoms with van der Waals surface area (Å²) in [6, 6.07) is 12.3. The Morgan fingerprint density at radius 2 is 1.91 bits per heavy atom. The molecule has 0 unspecified atom stereocenters. The standard InChI is InChI=1S/C18H23NO2S/c1-14(12-20)9-19(10-16-6-4-3-5-7-16)11-17-8-18(15(2)21)22-13-17/h3-8,13-14,20H,9-12H2,1-2H3/t14-/m1/s1. The van der Waals surface area contributed by atoms with E-state index in [1.165, 1.54) is 16.9 Å². The van der Waals surface area contributed by atoms with Gasteiger partial charge >= 0.3 is 0 Å². The number of hydrogen-bond acceptors (Lipinski definition) is 4. The molecule has 22 heavy (non-hydrogen) atoms. The van der Waals surface area contributed by atoms with Gasteiger partial charge in [0.25, 0.3) is 0 Å². The Hall–Kier alpha value is -1.49. The molecule has 0 aliphatic heterocycles. The van der Waals surface area contributed by atoms with Crippen LogP contribution in [0.2, 0.25) is 0 Å². The van der Waals surface area contributed by atoms with E-state index in [0.717, 1.165) is 30.1 Å². The van der Waals surface area contributed by atoms with Crippen LogP contribution in [0.15, 0.2) is 41.8 Å². The summed E-state index contributed by atoms with van der Waals surface area (Å²) in [4.78, 5) is 14.6. The van der Waals surface area contributed by atoms with Crippen molar-refractivity contribution in [2.24, 2.45) is 5.92 Å². The number of ketones is 1. The molecule has 2 aromatic rings. The van der Waals surface area contributed by atoms with Gasteiger partial charge in [0.05, 0.1) is 4.88 Å². The highest BCUT2D eigenvalue weighted by atomic mass is 32.1. The largest absolute Gasteiger partial charge is 0.396 e. The summed E-state index contributed by atoms with van der Waals surface area (Å²) in [7, 11) is 0. The second-order valence-corrected chi connectivity index (χ2v) is 6.73. The molecule has 0 aliphatic rings. The van der Waals surface area contributed by atoms with Crippen LogP contribution in [-0.4, -0.2) is 28.9 Å². The molecule has 0 amide bonds. The predicted octanol–water partition coefficient (Wildman–Crippen LogP) is 3.58. The predicted molar refractivity (Wildman–Crippen MR) is 91.1 cm³/mol. The van der Waals surface area contributed by atoms with E-state index in [0.29, 0.717) is 0 Å². The molecular formula is C18H23NO2S. The minimum Gasteiger partial charge on any atom is -0.396 e. The maximum atomic E-state index is 11.4. The zero-order chi connectivity index (χ0) is 15.9. The first-order valence-electron chi connectivity index (χ1n) is 7.54. The fourth-order valence-corrected chi connectivity index (χ4v) is 3.23. The molecule has 1 N–H and O–H groups in total. The fraction of sp³-hybridized carbons (Fsp3) is 0.389. The van der Waals surface area contributed by atoms with Gasteiger partial charge in [0.2, 0.25) is 0 Å². The lowest BCUT2D eigenvalue weighted by Crippen LogP contribution is -2.29. The molecule has 0 aliphatic carbocycles. The molecule has 1 heterocycles. The minimum atomic E-state index is 0.120. The van der Waals surface area contributed by atoms with Gasteiger partial charge in [-0.2, -0.15) is 0 Å². The van der Waals surface area contributed by atoms with Gasteiger partial charge in [0.1, 0.15) is 0 Å². The van der Waals surface area contributed by atoms with E-state index in [1.807, 2.05) is 31.2 Å². The third-order valence-electron chi connectivity index (χ3n) is 3.54. The van der Waals surface area contributed by atoms with E-state index >= 15 is 0 Å². The molecule has 4 heteroatoms. The maximum absolute atomic E-state index is 11.4. The molecule has 1 aromatic heterocycles.